The number of hydrogen-bond donors (Lipinski definition) is 2. The van der Waals surface area contributed by atoms with Crippen molar-refractivity contribution in [1.82, 2.24) is 14.8 Å². The van der Waals surface area contributed by atoms with Crippen LogP contribution in [0.15, 0.2) is 65.0 Å². The number of anilines is 3. The number of sulfonamides is 1. The quantitative estimate of drug-likeness (QED) is 0.456. The van der Waals surface area contributed by atoms with E-state index >= 15 is 0 Å². The third-order valence-corrected chi connectivity index (χ3v) is 6.23. The maximum Gasteiger partial charge on any atom is 0.266 e. The monoisotopic (exact) mass is 447 g/mol. The van der Waals surface area contributed by atoms with Gasteiger partial charge in [-0.05, 0) is 25.1 Å². The molecule has 11 heteroatoms. The first-order chi connectivity index (χ1) is 14.3. The molecule has 0 amide bonds. The van der Waals surface area contributed by atoms with Gasteiger partial charge >= 0.3 is 0 Å². The van der Waals surface area contributed by atoms with E-state index < -0.39 is 26.6 Å². The van der Waals surface area contributed by atoms with Crippen LogP contribution in [-0.4, -0.2) is 23.2 Å². The minimum Gasteiger partial charge on any atom is -0.338 e. The maximum atomic E-state index is 14.7. The zero-order chi connectivity index (χ0) is 21.3. The Bertz CT molecular complexity index is 1290. The lowest BCUT2D eigenvalue weighted by atomic mass is 10.3. The van der Waals surface area contributed by atoms with Gasteiger partial charge in [0.2, 0.25) is 0 Å². The smallest absolute Gasteiger partial charge is 0.266 e. The summed E-state index contributed by atoms with van der Waals surface area (Å²) in [7, 11) is -4.34. The number of benzene rings is 2. The zero-order valence-corrected chi connectivity index (χ0v) is 17.1. The van der Waals surface area contributed by atoms with Gasteiger partial charge in [-0.25, -0.2) is 26.9 Å². The Morgan fingerprint density at radius 1 is 1.07 bits per heavy atom. The van der Waals surface area contributed by atoms with Crippen LogP contribution in [0.3, 0.4) is 0 Å². The molecule has 30 heavy (non-hydrogen) atoms. The minimum absolute atomic E-state index is 0.0549. The Kier molecular flexibility index (Phi) is 5.22. The number of aryl methyl sites for hydroxylation is 1. The fourth-order valence-electron chi connectivity index (χ4n) is 2.77. The standard InChI is InChI=1S/C19H15F2N5O2S2/c1-12-9-18(26(24-12)13-5-3-2-4-6-13)23-16-10-15(21)17(11-14(16)20)30(27,28)25-19-22-7-8-29-19/h2-11,23H,1H3,(H,22,25). The molecule has 0 saturated carbocycles. The molecule has 0 aliphatic rings. The second-order valence-corrected chi connectivity index (χ2v) is 8.79. The SMILES string of the molecule is Cc1cc(Nc2cc(F)c(S(=O)(=O)Nc3nccs3)cc2F)n(-c2ccccc2)n1. The molecule has 4 aromatic rings. The molecule has 0 bridgehead atoms. The van der Waals surface area contributed by atoms with Crippen LogP contribution in [-0.2, 0) is 10.0 Å². The molecule has 0 aliphatic carbocycles. The number of halogens is 2. The van der Waals surface area contributed by atoms with E-state index in [1.165, 1.54) is 6.20 Å². The summed E-state index contributed by atoms with van der Waals surface area (Å²) >= 11 is 1.02. The van der Waals surface area contributed by atoms with Crippen LogP contribution >= 0.6 is 11.3 Å². The number of aromatic nitrogens is 3. The number of nitrogens with one attached hydrogen (secondary N) is 2. The first kappa shape index (κ1) is 20.0. The Labute approximate surface area is 175 Å². The van der Waals surface area contributed by atoms with Gasteiger partial charge in [0.15, 0.2) is 5.13 Å². The molecule has 0 aliphatic heterocycles. The lowest BCUT2D eigenvalue weighted by Crippen LogP contribution is -2.15. The molecule has 2 aromatic carbocycles. The molecule has 0 atom stereocenters. The number of nitrogens with zero attached hydrogens (tertiary/aromatic N) is 3. The Balaban J connectivity index is 1.67. The number of thiazole rings is 1. The van der Waals surface area contributed by atoms with Crippen molar-refractivity contribution in [2.75, 3.05) is 10.0 Å². The van der Waals surface area contributed by atoms with Crippen molar-refractivity contribution in [2.45, 2.75) is 11.8 Å². The molecular formula is C19H15F2N5O2S2. The normalized spacial score (nSPS) is 11.4. The fraction of sp³-hybridized carbons (Fsp3) is 0.0526. The number of hydrogen-bond acceptors (Lipinski definition) is 6. The number of para-hydroxylation sites is 1. The van der Waals surface area contributed by atoms with E-state index in [9.17, 15) is 17.2 Å². The third kappa shape index (κ3) is 4.02. The summed E-state index contributed by atoms with van der Waals surface area (Å²) in [6, 6.07) is 12.2. The van der Waals surface area contributed by atoms with Crippen LogP contribution < -0.4 is 10.0 Å². The second kappa shape index (κ2) is 7.84. The molecule has 2 aromatic heterocycles. The van der Waals surface area contributed by atoms with Crippen molar-refractivity contribution in [1.29, 1.82) is 0 Å². The summed E-state index contributed by atoms with van der Waals surface area (Å²) in [5, 5.41) is 8.75. The molecule has 4 rings (SSSR count). The van der Waals surface area contributed by atoms with Gasteiger partial charge in [0.1, 0.15) is 22.3 Å². The topological polar surface area (TPSA) is 88.9 Å². The predicted octanol–water partition coefficient (Wildman–Crippen LogP) is 4.46. The average molecular weight is 447 g/mol. The molecular weight excluding hydrogens is 432 g/mol. The van der Waals surface area contributed by atoms with E-state index in [0.717, 1.165) is 23.1 Å². The molecule has 0 unspecified atom stereocenters. The van der Waals surface area contributed by atoms with Gasteiger partial charge in [0, 0.05) is 23.7 Å². The van der Waals surface area contributed by atoms with Crippen LogP contribution in [0.5, 0.6) is 0 Å². The van der Waals surface area contributed by atoms with E-state index in [0.29, 0.717) is 17.6 Å². The molecule has 154 valence electrons. The highest BCUT2D eigenvalue weighted by atomic mass is 32.2. The summed E-state index contributed by atoms with van der Waals surface area (Å²) in [4.78, 5) is 2.97. The van der Waals surface area contributed by atoms with Gasteiger partial charge in [0.05, 0.1) is 17.1 Å². The molecule has 2 heterocycles. The van der Waals surface area contributed by atoms with Crippen molar-refractivity contribution in [2.24, 2.45) is 0 Å². The van der Waals surface area contributed by atoms with Crippen LogP contribution in [0.2, 0.25) is 0 Å². The summed E-state index contributed by atoms with van der Waals surface area (Å²) in [5.41, 5.74) is 1.16. The third-order valence-electron chi connectivity index (χ3n) is 4.06. The van der Waals surface area contributed by atoms with Gasteiger partial charge in [-0.3, -0.25) is 4.72 Å². The van der Waals surface area contributed by atoms with E-state index in [2.05, 4.69) is 20.1 Å². The van der Waals surface area contributed by atoms with Gasteiger partial charge in [-0.2, -0.15) is 5.10 Å². The summed E-state index contributed by atoms with van der Waals surface area (Å²) in [5.74, 6) is -1.65. The van der Waals surface area contributed by atoms with Gasteiger partial charge in [-0.15, -0.1) is 11.3 Å². The molecule has 7 nitrogen and oxygen atoms in total. The Morgan fingerprint density at radius 3 is 2.53 bits per heavy atom. The predicted molar refractivity (Wildman–Crippen MR) is 111 cm³/mol. The lowest BCUT2D eigenvalue weighted by Gasteiger charge is -2.12. The summed E-state index contributed by atoms with van der Waals surface area (Å²) in [6.07, 6.45) is 1.39. The van der Waals surface area contributed by atoms with Crippen LogP contribution in [0, 0.1) is 18.6 Å². The van der Waals surface area contributed by atoms with Crippen LogP contribution in [0.4, 0.5) is 25.4 Å². The maximum absolute atomic E-state index is 14.7. The molecule has 0 fully saturated rings. The highest BCUT2D eigenvalue weighted by Crippen LogP contribution is 2.28. The van der Waals surface area contributed by atoms with E-state index in [4.69, 9.17) is 0 Å². The van der Waals surface area contributed by atoms with E-state index in [1.807, 2.05) is 30.3 Å². The van der Waals surface area contributed by atoms with Crippen molar-refractivity contribution in [3.8, 4) is 5.69 Å². The van der Waals surface area contributed by atoms with Gasteiger partial charge < -0.3 is 5.32 Å². The molecule has 0 radical (unpaired) electrons. The van der Waals surface area contributed by atoms with Gasteiger partial charge in [-0.1, -0.05) is 18.2 Å². The fourth-order valence-corrected chi connectivity index (χ4v) is 4.63. The zero-order valence-electron chi connectivity index (χ0n) is 15.5. The van der Waals surface area contributed by atoms with Crippen LogP contribution in [0.1, 0.15) is 5.69 Å². The Hall–Kier alpha value is -3.31. The highest BCUT2D eigenvalue weighted by molar-refractivity contribution is 7.93. The summed E-state index contributed by atoms with van der Waals surface area (Å²) in [6.45, 7) is 1.77. The van der Waals surface area contributed by atoms with Crippen molar-refractivity contribution >= 4 is 38.0 Å². The highest BCUT2D eigenvalue weighted by Gasteiger charge is 2.23. The van der Waals surface area contributed by atoms with Crippen molar-refractivity contribution in [3.05, 3.63) is 77.4 Å². The summed E-state index contributed by atoms with van der Waals surface area (Å²) < 4.78 is 57.8. The molecule has 0 spiro atoms. The van der Waals surface area contributed by atoms with E-state index in [-0.39, 0.29) is 10.8 Å². The number of rotatable bonds is 6. The lowest BCUT2D eigenvalue weighted by molar-refractivity contribution is 0.557. The van der Waals surface area contributed by atoms with Crippen molar-refractivity contribution < 1.29 is 17.2 Å². The van der Waals surface area contributed by atoms with E-state index in [1.54, 1.807) is 23.1 Å². The molecule has 2 N–H and O–H groups in total. The largest absolute Gasteiger partial charge is 0.338 e. The van der Waals surface area contributed by atoms with Gasteiger partial charge in [0.25, 0.3) is 10.0 Å². The second-order valence-electron chi connectivity index (χ2n) is 6.25. The average Bonchev–Trinajstić information content (AvgIpc) is 3.34. The first-order valence-corrected chi connectivity index (χ1v) is 11.0. The van der Waals surface area contributed by atoms with Crippen LogP contribution in [0.25, 0.3) is 5.69 Å². The first-order valence-electron chi connectivity index (χ1n) is 8.64. The Morgan fingerprint density at radius 2 is 1.83 bits per heavy atom. The van der Waals surface area contributed by atoms with Crippen molar-refractivity contribution in [3.63, 3.8) is 0 Å². The molecule has 0 saturated heterocycles. The minimum atomic E-state index is -4.34.